The molecule has 0 aliphatic heterocycles. The monoisotopic (exact) mass is 492 g/mol. The van der Waals surface area contributed by atoms with Crippen molar-refractivity contribution in [1.82, 2.24) is 19.5 Å². The second kappa shape index (κ2) is 9.58. The molecule has 0 atom stereocenters. The van der Waals surface area contributed by atoms with E-state index >= 15 is 0 Å². The fourth-order valence-electron chi connectivity index (χ4n) is 3.78. The van der Waals surface area contributed by atoms with Gasteiger partial charge in [-0.15, -0.1) is 0 Å². The van der Waals surface area contributed by atoms with Gasteiger partial charge in [-0.2, -0.15) is 18.4 Å². The lowest BCUT2D eigenvalue weighted by Crippen LogP contribution is -2.16. The number of nitriles is 1. The molecule has 0 radical (unpaired) electrons. The summed E-state index contributed by atoms with van der Waals surface area (Å²) in [5.41, 5.74) is -0.138. The number of hydrogen-bond acceptors (Lipinski definition) is 6. The lowest BCUT2D eigenvalue weighted by Gasteiger charge is -2.11. The average molecular weight is 492 g/mol. The molecule has 1 aromatic carbocycles. The van der Waals surface area contributed by atoms with Gasteiger partial charge in [0.1, 0.15) is 12.0 Å². The molecule has 3 heterocycles. The fraction of sp³-hybridized carbons (Fsp3) is 0.200. The highest BCUT2D eigenvalue weighted by Crippen LogP contribution is 2.32. The fourth-order valence-corrected chi connectivity index (χ4v) is 3.78. The quantitative estimate of drug-likeness (QED) is 0.390. The second-order valence-corrected chi connectivity index (χ2v) is 8.31. The number of nitrogens with one attached hydrogen (secondary N) is 1. The number of fused-ring (bicyclic) bond motifs is 1. The van der Waals surface area contributed by atoms with Gasteiger partial charge in [0.15, 0.2) is 5.78 Å². The van der Waals surface area contributed by atoms with Crippen molar-refractivity contribution in [3.8, 4) is 6.07 Å². The zero-order chi connectivity index (χ0) is 26.0. The summed E-state index contributed by atoms with van der Waals surface area (Å²) in [5, 5.41) is 12.0. The average Bonchev–Trinajstić information content (AvgIpc) is 3.23. The van der Waals surface area contributed by atoms with Gasteiger partial charge in [0.2, 0.25) is 5.91 Å². The Balaban J connectivity index is 1.55. The van der Waals surface area contributed by atoms with Crippen molar-refractivity contribution in [2.45, 2.75) is 32.5 Å². The van der Waals surface area contributed by atoms with Crippen LogP contribution in [0, 0.1) is 11.3 Å². The summed E-state index contributed by atoms with van der Waals surface area (Å²) in [5.74, 6) is -0.955. The van der Waals surface area contributed by atoms with Gasteiger partial charge in [-0.05, 0) is 37.6 Å². The Bertz CT molecular complexity index is 1520. The van der Waals surface area contributed by atoms with Gasteiger partial charge in [0.25, 0.3) is 0 Å². The predicted octanol–water partition coefficient (Wildman–Crippen LogP) is 4.71. The third-order valence-corrected chi connectivity index (χ3v) is 5.45. The molecule has 182 valence electrons. The molecule has 0 aliphatic carbocycles. The minimum Gasteiger partial charge on any atom is -0.329 e. The van der Waals surface area contributed by atoms with E-state index in [1.165, 1.54) is 36.9 Å². The summed E-state index contributed by atoms with van der Waals surface area (Å²) in [6.07, 6.45) is 2.25. The molecule has 1 amide bonds. The van der Waals surface area contributed by atoms with E-state index in [-0.39, 0.29) is 35.1 Å². The number of alkyl halides is 3. The summed E-state index contributed by atoms with van der Waals surface area (Å²) in [7, 11) is 0. The molecule has 4 aromatic rings. The molecular formula is C25H19F3N6O2. The number of aromatic nitrogens is 4. The summed E-state index contributed by atoms with van der Waals surface area (Å²) in [6.45, 7) is 3.91. The van der Waals surface area contributed by atoms with E-state index in [4.69, 9.17) is 5.26 Å². The lowest BCUT2D eigenvalue weighted by molar-refractivity contribution is -0.137. The smallest absolute Gasteiger partial charge is 0.329 e. The summed E-state index contributed by atoms with van der Waals surface area (Å²) in [6, 6.07) is 6.09. The van der Waals surface area contributed by atoms with Crippen LogP contribution >= 0.6 is 0 Å². The largest absolute Gasteiger partial charge is 0.417 e. The number of hydrogen-bond donors (Lipinski definition) is 1. The van der Waals surface area contributed by atoms with Gasteiger partial charge in [-0.25, -0.2) is 9.97 Å². The van der Waals surface area contributed by atoms with E-state index < -0.39 is 23.2 Å². The topological polar surface area (TPSA) is 114 Å². The Labute approximate surface area is 203 Å². The Morgan fingerprint density at radius 3 is 2.61 bits per heavy atom. The molecule has 0 saturated carbocycles. The summed E-state index contributed by atoms with van der Waals surface area (Å²) < 4.78 is 41.5. The van der Waals surface area contributed by atoms with Crippen molar-refractivity contribution >= 4 is 28.4 Å². The molecule has 4 rings (SSSR count). The maximum atomic E-state index is 13.3. The van der Waals surface area contributed by atoms with E-state index in [0.717, 1.165) is 12.1 Å². The molecule has 1 N–H and O–H groups in total. The number of ketones is 1. The highest BCUT2D eigenvalue weighted by atomic mass is 19.4. The van der Waals surface area contributed by atoms with Crippen molar-refractivity contribution in [3.63, 3.8) is 0 Å². The van der Waals surface area contributed by atoms with Crippen LogP contribution in [-0.2, 0) is 17.4 Å². The first-order valence-electron chi connectivity index (χ1n) is 10.8. The van der Waals surface area contributed by atoms with Crippen LogP contribution in [0.3, 0.4) is 0 Å². The molecule has 0 saturated heterocycles. The molecule has 0 aliphatic rings. The number of benzene rings is 1. The number of halogens is 3. The summed E-state index contributed by atoms with van der Waals surface area (Å²) in [4.78, 5) is 38.1. The zero-order valence-electron chi connectivity index (χ0n) is 19.2. The first-order valence-corrected chi connectivity index (χ1v) is 10.8. The maximum absolute atomic E-state index is 13.3. The number of carbonyl (C=O) groups excluding carboxylic acids is 2. The lowest BCUT2D eigenvalue weighted by atomic mass is 10.0. The van der Waals surface area contributed by atoms with Crippen molar-refractivity contribution < 1.29 is 22.8 Å². The number of nitrogens with zero attached hydrogens (tertiary/aromatic N) is 5. The molecule has 0 unspecified atom stereocenters. The van der Waals surface area contributed by atoms with E-state index in [1.54, 1.807) is 12.4 Å². The van der Waals surface area contributed by atoms with E-state index in [2.05, 4.69) is 20.3 Å². The zero-order valence-corrected chi connectivity index (χ0v) is 19.2. The van der Waals surface area contributed by atoms with Crippen LogP contribution in [0.4, 0.5) is 18.9 Å². The third kappa shape index (κ3) is 4.93. The first-order chi connectivity index (χ1) is 17.1. The maximum Gasteiger partial charge on any atom is 0.417 e. The van der Waals surface area contributed by atoms with E-state index in [9.17, 15) is 22.8 Å². The van der Waals surface area contributed by atoms with Crippen LogP contribution in [0.5, 0.6) is 0 Å². The summed E-state index contributed by atoms with van der Waals surface area (Å²) >= 11 is 0. The van der Waals surface area contributed by atoms with Crippen LogP contribution in [0.2, 0.25) is 0 Å². The molecule has 3 aromatic heterocycles. The third-order valence-electron chi connectivity index (χ3n) is 5.45. The van der Waals surface area contributed by atoms with Crippen molar-refractivity contribution in [3.05, 3.63) is 83.2 Å². The van der Waals surface area contributed by atoms with Crippen LogP contribution in [0.15, 0.2) is 55.4 Å². The van der Waals surface area contributed by atoms with Crippen molar-refractivity contribution in [1.29, 1.82) is 5.26 Å². The highest BCUT2D eigenvalue weighted by molar-refractivity contribution is 6.16. The molecule has 0 fully saturated rings. The number of anilines is 1. The van der Waals surface area contributed by atoms with E-state index in [1.807, 2.05) is 18.4 Å². The normalized spacial score (nSPS) is 11.5. The van der Waals surface area contributed by atoms with Crippen LogP contribution < -0.4 is 5.32 Å². The Morgan fingerprint density at radius 2 is 1.92 bits per heavy atom. The van der Waals surface area contributed by atoms with E-state index in [0.29, 0.717) is 16.6 Å². The van der Waals surface area contributed by atoms with Crippen LogP contribution in [0.1, 0.15) is 52.5 Å². The second-order valence-electron chi connectivity index (χ2n) is 8.31. The minimum absolute atomic E-state index is 0.0489. The first kappa shape index (κ1) is 24.5. The van der Waals surface area contributed by atoms with Gasteiger partial charge >= 0.3 is 6.18 Å². The molecule has 11 heteroatoms. The Hall–Kier alpha value is -4.59. The molecule has 0 spiro atoms. The minimum atomic E-state index is -4.72. The van der Waals surface area contributed by atoms with Gasteiger partial charge in [0, 0.05) is 35.6 Å². The molecule has 8 nitrogen and oxygen atoms in total. The number of amides is 1. The van der Waals surface area contributed by atoms with Gasteiger partial charge in [-0.1, -0.05) is 6.07 Å². The number of carbonyl (C=O) groups is 2. The van der Waals surface area contributed by atoms with Gasteiger partial charge < -0.3 is 9.88 Å². The van der Waals surface area contributed by atoms with Crippen LogP contribution in [0.25, 0.3) is 11.0 Å². The highest BCUT2D eigenvalue weighted by Gasteiger charge is 2.34. The molecule has 36 heavy (non-hydrogen) atoms. The molecule has 0 bridgehead atoms. The number of pyridine rings is 1. The van der Waals surface area contributed by atoms with Gasteiger partial charge in [-0.3, -0.25) is 14.6 Å². The van der Waals surface area contributed by atoms with Gasteiger partial charge in [0.05, 0.1) is 41.1 Å². The standard InChI is InChI=1S/C25H19F3N6O2/c1-14(2)34-12-20(19-11-31-13-32-24(19)34)23(36)17-7-18(10-30-9-17)33-22(35)6-15-3-4-16(8-29)21(5-15)25(26,27)28/h3-5,7,9-14H,6H2,1-2H3,(H,33,35). The predicted molar refractivity (Wildman–Crippen MR) is 124 cm³/mol. The SMILES string of the molecule is CC(C)n1cc(C(=O)c2cncc(NC(=O)Cc3ccc(C#N)c(C(F)(F)F)c3)c2)c2cncnc21. The number of rotatable bonds is 6. The van der Waals surface area contributed by atoms with Crippen molar-refractivity contribution in [2.75, 3.05) is 5.32 Å². The van der Waals surface area contributed by atoms with Crippen LogP contribution in [-0.4, -0.2) is 31.2 Å². The Morgan fingerprint density at radius 1 is 1.14 bits per heavy atom. The Kier molecular flexibility index (Phi) is 6.53. The molecular weight excluding hydrogens is 473 g/mol. The van der Waals surface area contributed by atoms with Crippen molar-refractivity contribution in [2.24, 2.45) is 0 Å².